The molecule has 2 fully saturated rings. The number of benzene rings is 1. The van der Waals surface area contributed by atoms with Gasteiger partial charge in [-0.15, -0.1) is 11.8 Å². The van der Waals surface area contributed by atoms with Crippen LogP contribution in [0.4, 0.5) is 5.69 Å². The SMILES string of the molecule is C[C@H](NC(=O)C(=O)Nc1ccc(SC2CCCC2)cc1)[C@H]1CCCO1. The maximum atomic E-state index is 12.1. The van der Waals surface area contributed by atoms with Gasteiger partial charge in [-0.3, -0.25) is 9.59 Å². The number of nitrogens with one attached hydrogen (secondary N) is 2. The lowest BCUT2D eigenvalue weighted by atomic mass is 10.1. The first-order chi connectivity index (χ1) is 12.1. The van der Waals surface area contributed by atoms with E-state index in [4.69, 9.17) is 4.74 Å². The molecule has 1 heterocycles. The van der Waals surface area contributed by atoms with Crippen LogP contribution in [0.3, 0.4) is 0 Å². The van der Waals surface area contributed by atoms with Crippen LogP contribution in [0.2, 0.25) is 0 Å². The molecule has 0 radical (unpaired) electrons. The lowest BCUT2D eigenvalue weighted by Crippen LogP contribution is -2.45. The van der Waals surface area contributed by atoms with Gasteiger partial charge in [0.1, 0.15) is 0 Å². The summed E-state index contributed by atoms with van der Waals surface area (Å²) in [7, 11) is 0. The minimum absolute atomic E-state index is 0.00338. The molecule has 0 unspecified atom stereocenters. The van der Waals surface area contributed by atoms with E-state index in [1.165, 1.54) is 30.6 Å². The highest BCUT2D eigenvalue weighted by atomic mass is 32.2. The third kappa shape index (κ3) is 5.22. The van der Waals surface area contributed by atoms with Gasteiger partial charge in [-0.2, -0.15) is 0 Å². The molecule has 1 saturated heterocycles. The summed E-state index contributed by atoms with van der Waals surface area (Å²) in [4.78, 5) is 25.3. The van der Waals surface area contributed by atoms with Crippen LogP contribution >= 0.6 is 11.8 Å². The third-order valence-corrected chi connectivity index (χ3v) is 6.15. The normalized spacial score (nSPS) is 21.9. The number of ether oxygens (including phenoxy) is 1. The Kier molecular flexibility index (Phi) is 6.37. The molecule has 1 aliphatic heterocycles. The van der Waals surface area contributed by atoms with Crippen LogP contribution in [0.15, 0.2) is 29.2 Å². The number of rotatable bonds is 5. The lowest BCUT2D eigenvalue weighted by Gasteiger charge is -2.19. The molecule has 0 aromatic heterocycles. The van der Waals surface area contributed by atoms with E-state index in [2.05, 4.69) is 10.6 Å². The van der Waals surface area contributed by atoms with Crippen molar-refractivity contribution in [1.29, 1.82) is 0 Å². The van der Waals surface area contributed by atoms with Gasteiger partial charge in [0.25, 0.3) is 0 Å². The van der Waals surface area contributed by atoms with Crippen molar-refractivity contribution in [1.82, 2.24) is 5.32 Å². The fourth-order valence-corrected chi connectivity index (χ4v) is 4.61. The third-order valence-electron chi connectivity index (χ3n) is 4.80. The van der Waals surface area contributed by atoms with Crippen LogP contribution in [0, 0.1) is 0 Å². The Morgan fingerprint density at radius 2 is 1.80 bits per heavy atom. The van der Waals surface area contributed by atoms with E-state index in [9.17, 15) is 9.59 Å². The fourth-order valence-electron chi connectivity index (χ4n) is 3.37. The van der Waals surface area contributed by atoms with Gasteiger partial charge in [-0.1, -0.05) is 12.8 Å². The van der Waals surface area contributed by atoms with Gasteiger partial charge >= 0.3 is 11.8 Å². The number of hydrogen-bond acceptors (Lipinski definition) is 4. The van der Waals surface area contributed by atoms with Crippen LogP contribution in [-0.2, 0) is 14.3 Å². The van der Waals surface area contributed by atoms with E-state index < -0.39 is 11.8 Å². The topological polar surface area (TPSA) is 67.4 Å². The van der Waals surface area contributed by atoms with Gasteiger partial charge < -0.3 is 15.4 Å². The van der Waals surface area contributed by atoms with Crippen LogP contribution < -0.4 is 10.6 Å². The molecule has 3 rings (SSSR count). The summed E-state index contributed by atoms with van der Waals surface area (Å²) in [6.07, 6.45) is 7.14. The van der Waals surface area contributed by atoms with E-state index in [-0.39, 0.29) is 12.1 Å². The van der Waals surface area contributed by atoms with E-state index in [0.29, 0.717) is 10.9 Å². The minimum Gasteiger partial charge on any atom is -0.376 e. The summed E-state index contributed by atoms with van der Waals surface area (Å²) in [6.45, 7) is 2.60. The molecule has 2 atom stereocenters. The van der Waals surface area contributed by atoms with Gasteiger partial charge in [0.2, 0.25) is 0 Å². The Morgan fingerprint density at radius 3 is 2.44 bits per heavy atom. The standard InChI is InChI=1S/C19H26N2O3S/c1-13(17-7-4-12-24-17)20-18(22)19(23)21-14-8-10-16(11-9-14)25-15-5-2-3-6-15/h8-11,13,15,17H,2-7,12H2,1H3,(H,20,22)(H,21,23)/t13-,17+/m0/s1. The maximum absolute atomic E-state index is 12.1. The van der Waals surface area contributed by atoms with E-state index in [0.717, 1.165) is 19.4 Å². The first-order valence-electron chi connectivity index (χ1n) is 9.12. The Morgan fingerprint density at radius 1 is 1.08 bits per heavy atom. The molecule has 1 aromatic rings. The van der Waals surface area contributed by atoms with Crippen molar-refractivity contribution in [3.05, 3.63) is 24.3 Å². The van der Waals surface area contributed by atoms with Crippen molar-refractivity contribution >= 4 is 29.3 Å². The second-order valence-electron chi connectivity index (χ2n) is 6.82. The number of anilines is 1. The molecule has 2 aliphatic rings. The van der Waals surface area contributed by atoms with Crippen molar-refractivity contribution in [3.8, 4) is 0 Å². The van der Waals surface area contributed by atoms with Crippen LogP contribution in [-0.4, -0.2) is 35.8 Å². The highest BCUT2D eigenvalue weighted by Crippen LogP contribution is 2.34. The average molecular weight is 362 g/mol. The molecular weight excluding hydrogens is 336 g/mol. The number of thioether (sulfide) groups is 1. The summed E-state index contributed by atoms with van der Waals surface area (Å²) in [5, 5.41) is 6.09. The summed E-state index contributed by atoms with van der Waals surface area (Å²) in [6, 6.07) is 7.56. The zero-order chi connectivity index (χ0) is 17.6. The Bertz CT molecular complexity index is 593. The van der Waals surface area contributed by atoms with Gasteiger partial charge in [-0.05, 0) is 56.9 Å². The first-order valence-corrected chi connectivity index (χ1v) is 10.00. The predicted octanol–water partition coefficient (Wildman–Crippen LogP) is 3.34. The van der Waals surface area contributed by atoms with Gasteiger partial charge in [0.05, 0.1) is 12.1 Å². The summed E-state index contributed by atoms with van der Waals surface area (Å²) in [5.74, 6) is -1.26. The fraction of sp³-hybridized carbons (Fsp3) is 0.579. The second kappa shape index (κ2) is 8.72. The summed E-state index contributed by atoms with van der Waals surface area (Å²) >= 11 is 1.90. The van der Waals surface area contributed by atoms with Crippen LogP contribution in [0.25, 0.3) is 0 Å². The number of amides is 2. The van der Waals surface area contributed by atoms with Crippen LogP contribution in [0.5, 0.6) is 0 Å². The van der Waals surface area contributed by atoms with Crippen molar-refractivity contribution in [3.63, 3.8) is 0 Å². The van der Waals surface area contributed by atoms with Gasteiger partial charge in [-0.25, -0.2) is 0 Å². The number of carbonyl (C=O) groups excluding carboxylic acids is 2. The predicted molar refractivity (Wildman–Crippen MR) is 99.8 cm³/mol. The Hall–Kier alpha value is -1.53. The van der Waals surface area contributed by atoms with Crippen molar-refractivity contribution < 1.29 is 14.3 Å². The highest BCUT2D eigenvalue weighted by Gasteiger charge is 2.25. The zero-order valence-electron chi connectivity index (χ0n) is 14.6. The summed E-state index contributed by atoms with van der Waals surface area (Å²) in [5.41, 5.74) is 0.640. The van der Waals surface area contributed by atoms with E-state index in [1.807, 2.05) is 43.0 Å². The number of carbonyl (C=O) groups is 2. The second-order valence-corrected chi connectivity index (χ2v) is 8.19. The lowest BCUT2D eigenvalue weighted by molar-refractivity contribution is -0.137. The average Bonchev–Trinajstić information content (AvgIpc) is 3.30. The van der Waals surface area contributed by atoms with Crippen molar-refractivity contribution in [2.45, 2.75) is 67.7 Å². The first kappa shape index (κ1) is 18.3. The highest BCUT2D eigenvalue weighted by molar-refractivity contribution is 8.00. The molecular formula is C19H26N2O3S. The van der Waals surface area contributed by atoms with E-state index in [1.54, 1.807) is 0 Å². The van der Waals surface area contributed by atoms with Gasteiger partial charge in [0, 0.05) is 22.4 Å². The van der Waals surface area contributed by atoms with Crippen molar-refractivity contribution in [2.24, 2.45) is 0 Å². The molecule has 5 nitrogen and oxygen atoms in total. The van der Waals surface area contributed by atoms with Crippen LogP contribution in [0.1, 0.15) is 45.4 Å². The Balaban J connectivity index is 1.47. The van der Waals surface area contributed by atoms with E-state index >= 15 is 0 Å². The molecule has 0 bridgehead atoms. The number of hydrogen-bond donors (Lipinski definition) is 2. The molecule has 25 heavy (non-hydrogen) atoms. The molecule has 2 amide bonds. The zero-order valence-corrected chi connectivity index (χ0v) is 15.4. The quantitative estimate of drug-likeness (QED) is 0.789. The van der Waals surface area contributed by atoms with Gasteiger partial charge in [0.15, 0.2) is 0 Å². The van der Waals surface area contributed by atoms with Crippen molar-refractivity contribution in [2.75, 3.05) is 11.9 Å². The molecule has 1 aromatic carbocycles. The molecule has 136 valence electrons. The summed E-state index contributed by atoms with van der Waals surface area (Å²) < 4.78 is 5.53. The molecule has 1 aliphatic carbocycles. The minimum atomic E-state index is -0.638. The Labute approximate surface area is 153 Å². The maximum Gasteiger partial charge on any atom is 0.313 e. The monoisotopic (exact) mass is 362 g/mol. The molecule has 1 saturated carbocycles. The smallest absolute Gasteiger partial charge is 0.313 e. The molecule has 6 heteroatoms. The molecule has 0 spiro atoms. The largest absolute Gasteiger partial charge is 0.376 e. The molecule has 2 N–H and O–H groups in total.